The van der Waals surface area contributed by atoms with Gasteiger partial charge in [-0.3, -0.25) is 9.80 Å². The summed E-state index contributed by atoms with van der Waals surface area (Å²) >= 11 is 0. The van der Waals surface area contributed by atoms with Crippen molar-refractivity contribution >= 4 is 11.4 Å². The molecular formula is C38H46N4. The number of nitrogens with zero attached hydrogens (tertiary/aromatic N) is 3. The first kappa shape index (κ1) is 24.1. The van der Waals surface area contributed by atoms with E-state index in [1.54, 1.807) is 28.0 Å². The molecule has 4 heteroatoms. The molecule has 2 aromatic rings. The quantitative estimate of drug-likeness (QED) is 0.448. The first-order valence-corrected chi connectivity index (χ1v) is 17.5. The molecule has 9 aliphatic rings. The summed E-state index contributed by atoms with van der Waals surface area (Å²) in [5.74, 6) is 3.67. The van der Waals surface area contributed by atoms with Crippen molar-refractivity contribution in [3.05, 3.63) is 71.3 Å². The van der Waals surface area contributed by atoms with E-state index in [9.17, 15) is 0 Å². The second-order valence-corrected chi connectivity index (χ2v) is 16.0. The summed E-state index contributed by atoms with van der Waals surface area (Å²) in [5.41, 5.74) is 10.1. The van der Waals surface area contributed by atoms with Crippen LogP contribution in [0.4, 0.5) is 11.4 Å². The lowest BCUT2D eigenvalue weighted by Gasteiger charge is -2.66. The van der Waals surface area contributed by atoms with Crippen LogP contribution in [0.3, 0.4) is 0 Å². The molecule has 4 nitrogen and oxygen atoms in total. The van der Waals surface area contributed by atoms with Crippen molar-refractivity contribution in [2.75, 3.05) is 42.9 Å². The van der Waals surface area contributed by atoms with Crippen LogP contribution in [0.15, 0.2) is 54.6 Å². The standard InChI is InChI=1S/C38H46N4/c1-4-23-19-40-15-13-36-28-10-8-11-29-34(28)42(35(36)22(3)25(23)17-32(36)40)21-30-26-18-33-37(14-16-41(33)20-24(26)5-2)27-9-6-7-12-31(27)39-38(29,30)37/h6-12,23-26,30,32-33,35,39H,3-5,13-21H2,1-2H3/t23-,24-,25-,26+,30+,32+,33+,35+,36-,37-,38+/m1/s1. The van der Waals surface area contributed by atoms with E-state index in [2.05, 4.69) is 76.3 Å². The summed E-state index contributed by atoms with van der Waals surface area (Å²) in [6.45, 7) is 16.3. The molecule has 0 amide bonds. The Balaban J connectivity index is 1.20. The van der Waals surface area contributed by atoms with E-state index >= 15 is 0 Å². The van der Waals surface area contributed by atoms with Crippen LogP contribution in [-0.2, 0) is 16.4 Å². The minimum absolute atomic E-state index is 0.0144. The molecule has 7 aliphatic heterocycles. The van der Waals surface area contributed by atoms with E-state index in [1.165, 1.54) is 76.9 Å². The molecule has 6 fully saturated rings. The summed E-state index contributed by atoms with van der Waals surface area (Å²) in [7, 11) is 0. The zero-order valence-electron chi connectivity index (χ0n) is 25.5. The van der Waals surface area contributed by atoms with E-state index in [1.807, 2.05) is 0 Å². The summed E-state index contributed by atoms with van der Waals surface area (Å²) in [5, 5.41) is 4.49. The second-order valence-electron chi connectivity index (χ2n) is 16.0. The first-order valence-electron chi connectivity index (χ1n) is 17.5. The molecule has 218 valence electrons. The number of nitrogens with one attached hydrogen (secondary N) is 1. The normalized spacial score (nSPS) is 48.3. The fourth-order valence-electron chi connectivity index (χ4n) is 14.3. The number of para-hydroxylation sites is 2. The van der Waals surface area contributed by atoms with Crippen molar-refractivity contribution in [3.63, 3.8) is 0 Å². The zero-order valence-corrected chi connectivity index (χ0v) is 25.5. The molecule has 42 heavy (non-hydrogen) atoms. The molecule has 0 unspecified atom stereocenters. The lowest BCUT2D eigenvalue weighted by molar-refractivity contribution is -0.0601. The van der Waals surface area contributed by atoms with E-state index < -0.39 is 0 Å². The maximum Gasteiger partial charge on any atom is 0.0805 e. The molecule has 3 spiro atoms. The van der Waals surface area contributed by atoms with Gasteiger partial charge in [0.25, 0.3) is 0 Å². The summed E-state index contributed by atoms with van der Waals surface area (Å²) in [4.78, 5) is 8.91. The molecule has 4 saturated heterocycles. The Morgan fingerprint density at radius 3 is 2.48 bits per heavy atom. The molecule has 2 saturated carbocycles. The third kappa shape index (κ3) is 2.24. The Morgan fingerprint density at radius 2 is 1.60 bits per heavy atom. The van der Waals surface area contributed by atoms with Gasteiger partial charge in [0.2, 0.25) is 0 Å². The van der Waals surface area contributed by atoms with Crippen LogP contribution in [0.5, 0.6) is 0 Å². The second kappa shape index (κ2) is 7.49. The highest BCUT2D eigenvalue weighted by atomic mass is 15.3. The van der Waals surface area contributed by atoms with Gasteiger partial charge in [-0.25, -0.2) is 0 Å². The van der Waals surface area contributed by atoms with Gasteiger partial charge in [-0.1, -0.05) is 75.2 Å². The van der Waals surface area contributed by atoms with Gasteiger partial charge in [-0.15, -0.1) is 0 Å². The molecule has 11 atom stereocenters. The van der Waals surface area contributed by atoms with E-state index in [0.717, 1.165) is 17.8 Å². The molecule has 0 radical (unpaired) electrons. The van der Waals surface area contributed by atoms with Crippen molar-refractivity contribution < 1.29 is 0 Å². The molecule has 11 rings (SSSR count). The molecule has 1 N–H and O–H groups in total. The molecular weight excluding hydrogens is 512 g/mol. The fourth-order valence-corrected chi connectivity index (χ4v) is 14.3. The van der Waals surface area contributed by atoms with Gasteiger partial charge in [-0.2, -0.15) is 0 Å². The van der Waals surface area contributed by atoms with Crippen LogP contribution in [-0.4, -0.2) is 60.6 Å². The zero-order chi connectivity index (χ0) is 27.7. The molecule has 0 aromatic heterocycles. The van der Waals surface area contributed by atoms with Gasteiger partial charge in [0.1, 0.15) is 0 Å². The lowest BCUT2D eigenvalue weighted by Crippen LogP contribution is -2.72. The minimum atomic E-state index is -0.0144. The first-order chi connectivity index (χ1) is 20.6. The summed E-state index contributed by atoms with van der Waals surface area (Å²) < 4.78 is 0. The van der Waals surface area contributed by atoms with Crippen molar-refractivity contribution in [2.24, 2.45) is 29.6 Å². The van der Waals surface area contributed by atoms with Crippen LogP contribution in [0.1, 0.15) is 69.1 Å². The smallest absolute Gasteiger partial charge is 0.0805 e. The Labute approximate surface area is 251 Å². The minimum Gasteiger partial charge on any atom is -0.374 e. The van der Waals surface area contributed by atoms with Crippen molar-refractivity contribution in [2.45, 2.75) is 86.9 Å². The van der Waals surface area contributed by atoms with E-state index in [4.69, 9.17) is 6.58 Å². The number of anilines is 2. The highest BCUT2D eigenvalue weighted by molar-refractivity contribution is 5.81. The van der Waals surface area contributed by atoms with Gasteiger partial charge in [-0.05, 0) is 79.6 Å². The fraction of sp³-hybridized carbons (Fsp3) is 0.632. The van der Waals surface area contributed by atoms with Crippen LogP contribution in [0.2, 0.25) is 0 Å². The molecule has 2 aliphatic carbocycles. The van der Waals surface area contributed by atoms with Gasteiger partial charge in [0, 0.05) is 65.4 Å². The van der Waals surface area contributed by atoms with Gasteiger partial charge in [0.15, 0.2) is 0 Å². The van der Waals surface area contributed by atoms with Gasteiger partial charge in [0.05, 0.1) is 11.6 Å². The topological polar surface area (TPSA) is 21.8 Å². The van der Waals surface area contributed by atoms with Crippen LogP contribution in [0, 0.1) is 29.6 Å². The number of hydrogen-bond acceptors (Lipinski definition) is 4. The molecule has 4 bridgehead atoms. The monoisotopic (exact) mass is 558 g/mol. The van der Waals surface area contributed by atoms with E-state index in [0.29, 0.717) is 30.0 Å². The largest absolute Gasteiger partial charge is 0.374 e. The number of piperidine rings is 2. The predicted octanol–water partition coefficient (Wildman–Crippen LogP) is 6.13. The Bertz CT molecular complexity index is 1560. The summed E-state index contributed by atoms with van der Waals surface area (Å²) in [6, 6.07) is 19.0. The van der Waals surface area contributed by atoms with Gasteiger partial charge >= 0.3 is 0 Å². The highest BCUT2D eigenvalue weighted by Gasteiger charge is 2.77. The van der Waals surface area contributed by atoms with Crippen molar-refractivity contribution in [3.8, 4) is 0 Å². The number of fused-ring (bicyclic) bond motifs is 5. The maximum absolute atomic E-state index is 5.07. The van der Waals surface area contributed by atoms with Crippen molar-refractivity contribution in [1.82, 2.24) is 9.80 Å². The van der Waals surface area contributed by atoms with Crippen LogP contribution < -0.4 is 10.2 Å². The maximum atomic E-state index is 5.07. The number of rotatable bonds is 2. The Morgan fingerprint density at radius 1 is 0.833 bits per heavy atom. The van der Waals surface area contributed by atoms with Crippen LogP contribution in [0.25, 0.3) is 0 Å². The lowest BCUT2D eigenvalue weighted by atomic mass is 9.45. The van der Waals surface area contributed by atoms with E-state index in [-0.39, 0.29) is 16.4 Å². The van der Waals surface area contributed by atoms with Gasteiger partial charge < -0.3 is 10.2 Å². The Hall–Kier alpha value is -2.30. The van der Waals surface area contributed by atoms with Crippen molar-refractivity contribution in [1.29, 1.82) is 0 Å². The average molecular weight is 559 g/mol. The van der Waals surface area contributed by atoms with Crippen LogP contribution >= 0.6 is 0 Å². The highest BCUT2D eigenvalue weighted by Crippen LogP contribution is 2.74. The average Bonchev–Trinajstić information content (AvgIpc) is 3.76. The molecule has 2 aromatic carbocycles. The predicted molar refractivity (Wildman–Crippen MR) is 169 cm³/mol. The molecule has 7 heterocycles. The number of hydrogen-bond donors (Lipinski definition) is 1. The third-order valence-electron chi connectivity index (χ3n) is 15.6. The third-order valence-corrected chi connectivity index (χ3v) is 15.6. The summed E-state index contributed by atoms with van der Waals surface area (Å²) in [6.07, 6.45) is 7.93. The Kier molecular flexibility index (Phi) is 4.29. The number of benzene rings is 2. The SMILES string of the molecule is C=C1[C@H]2C[C@@H]3N(CC[C@@]34c3cccc5c3N(C[C@H]3[C@H]6C[C@@H]7N(CC[C@@]78c7ccccc7N[C@@]538)C[C@H]6CC)[C@@H]14)C[C@H]2CC.